The minimum atomic E-state index is -3.53. The summed E-state index contributed by atoms with van der Waals surface area (Å²) in [7, 11) is -2.11. The number of aryl methyl sites for hydroxylation is 2. The van der Waals surface area contributed by atoms with Crippen molar-refractivity contribution in [2.24, 2.45) is 11.8 Å². The Balaban J connectivity index is 1.23. The van der Waals surface area contributed by atoms with Gasteiger partial charge in [0.25, 0.3) is 5.91 Å². The van der Waals surface area contributed by atoms with Gasteiger partial charge in [0.05, 0.1) is 24.8 Å². The summed E-state index contributed by atoms with van der Waals surface area (Å²) in [5, 5.41) is 10.7. The summed E-state index contributed by atoms with van der Waals surface area (Å²) < 4.78 is 29.8. The Morgan fingerprint density at radius 2 is 2.00 bits per heavy atom. The molecule has 1 aromatic heterocycles. The number of hydrogen-bond donors (Lipinski definition) is 2. The molecular formula is C28H35N5O6S. The molecule has 0 unspecified atom stereocenters. The van der Waals surface area contributed by atoms with E-state index in [-0.39, 0.29) is 17.7 Å². The Hall–Kier alpha value is -3.41. The highest BCUT2D eigenvalue weighted by molar-refractivity contribution is 7.91. The fourth-order valence-corrected chi connectivity index (χ4v) is 6.91. The number of methoxy groups -OCH3 is 1. The van der Waals surface area contributed by atoms with Crippen molar-refractivity contribution in [2.45, 2.75) is 57.0 Å². The summed E-state index contributed by atoms with van der Waals surface area (Å²) in [5.74, 6) is -0.615. The lowest BCUT2D eigenvalue weighted by Gasteiger charge is -2.41. The molecule has 1 saturated carbocycles. The van der Waals surface area contributed by atoms with Gasteiger partial charge in [-0.1, -0.05) is 18.9 Å². The van der Waals surface area contributed by atoms with E-state index in [1.54, 1.807) is 4.68 Å². The predicted molar refractivity (Wildman–Crippen MR) is 148 cm³/mol. The summed E-state index contributed by atoms with van der Waals surface area (Å²) in [4.78, 5) is 40.0. The van der Waals surface area contributed by atoms with Crippen molar-refractivity contribution in [3.8, 4) is 0 Å². The molecule has 12 heteroatoms. The number of anilines is 2. The lowest BCUT2D eigenvalue weighted by molar-refractivity contribution is -0.141. The molecule has 11 nitrogen and oxygen atoms in total. The first-order chi connectivity index (χ1) is 19.0. The van der Waals surface area contributed by atoms with Gasteiger partial charge in [0.2, 0.25) is 5.91 Å². The Bertz CT molecular complexity index is 1490. The number of fused-ring (bicyclic) bond motifs is 3. The van der Waals surface area contributed by atoms with Crippen LogP contribution in [0.1, 0.15) is 59.3 Å². The lowest BCUT2D eigenvalue weighted by atomic mass is 9.82. The second-order valence-corrected chi connectivity index (χ2v) is 14.0. The van der Waals surface area contributed by atoms with Gasteiger partial charge < -0.3 is 20.3 Å². The second kappa shape index (κ2) is 9.90. The Morgan fingerprint density at radius 1 is 1.23 bits per heavy atom. The van der Waals surface area contributed by atoms with Crippen molar-refractivity contribution in [3.05, 3.63) is 40.6 Å². The molecule has 2 aliphatic carbocycles. The van der Waals surface area contributed by atoms with Gasteiger partial charge in [-0.25, -0.2) is 13.1 Å². The third kappa shape index (κ3) is 5.21. The standard InChI is InChI=1S/C28H35N5O6S/c1-39-24(35)11-18-14-32(15-18)20-5-6-21-19(12-20)7-9-28(21)13-22-25(27(36)30-28)26(29-23(34)16-40(2,37)38)33(31-22)10-8-17-3-4-17/h5-6,12,17-18H,3-4,7-11,13-16H2,1-2H3,(H,29,34)(H,30,36)/t28-/m1/s1. The molecule has 0 radical (unpaired) electrons. The van der Waals surface area contributed by atoms with Crippen LogP contribution >= 0.6 is 0 Å². The number of carbonyl (C=O) groups excluding carboxylic acids is 3. The molecule has 2 fully saturated rings. The van der Waals surface area contributed by atoms with Crippen molar-refractivity contribution < 1.29 is 27.5 Å². The molecular weight excluding hydrogens is 534 g/mol. The van der Waals surface area contributed by atoms with E-state index in [0.717, 1.165) is 49.9 Å². The number of esters is 1. The van der Waals surface area contributed by atoms with Crippen LogP contribution in [-0.4, -0.2) is 68.2 Å². The zero-order valence-electron chi connectivity index (χ0n) is 22.9. The first-order valence-electron chi connectivity index (χ1n) is 13.9. The second-order valence-electron chi connectivity index (χ2n) is 11.8. The van der Waals surface area contributed by atoms with Crippen LogP contribution in [0.4, 0.5) is 11.5 Å². The molecule has 1 spiro atoms. The average Bonchev–Trinajstić information content (AvgIpc) is 3.55. The maximum atomic E-state index is 13.6. The number of benzene rings is 1. The van der Waals surface area contributed by atoms with E-state index >= 15 is 0 Å². The molecule has 2 aliphatic heterocycles. The van der Waals surface area contributed by atoms with Crippen molar-refractivity contribution in [3.63, 3.8) is 0 Å². The number of nitrogens with one attached hydrogen (secondary N) is 2. The molecule has 0 bridgehead atoms. The van der Waals surface area contributed by atoms with Gasteiger partial charge in [-0.15, -0.1) is 0 Å². The van der Waals surface area contributed by atoms with Crippen molar-refractivity contribution >= 4 is 39.1 Å². The third-order valence-corrected chi connectivity index (χ3v) is 9.39. The Kier molecular flexibility index (Phi) is 6.63. The van der Waals surface area contributed by atoms with Crippen LogP contribution in [0.3, 0.4) is 0 Å². The quantitative estimate of drug-likeness (QED) is 0.436. The first kappa shape index (κ1) is 26.8. The molecule has 214 valence electrons. The topological polar surface area (TPSA) is 140 Å². The van der Waals surface area contributed by atoms with Crippen molar-refractivity contribution in [2.75, 3.05) is 42.4 Å². The predicted octanol–water partition coefficient (Wildman–Crippen LogP) is 1.79. The first-order valence-corrected chi connectivity index (χ1v) is 15.9. The molecule has 3 heterocycles. The van der Waals surface area contributed by atoms with Crippen LogP contribution in [0.25, 0.3) is 0 Å². The Labute approximate surface area is 233 Å². The molecule has 2 amide bonds. The van der Waals surface area contributed by atoms with Crippen molar-refractivity contribution in [1.29, 1.82) is 0 Å². The van der Waals surface area contributed by atoms with Crippen LogP contribution in [0, 0.1) is 11.8 Å². The number of ether oxygens (including phenoxy) is 1. The number of sulfone groups is 1. The molecule has 6 rings (SSSR count). The van der Waals surface area contributed by atoms with Gasteiger partial charge >= 0.3 is 5.97 Å². The highest BCUT2D eigenvalue weighted by atomic mass is 32.2. The van der Waals surface area contributed by atoms with Crippen LogP contribution in [0.2, 0.25) is 0 Å². The van der Waals surface area contributed by atoms with E-state index in [2.05, 4.69) is 33.7 Å². The minimum absolute atomic E-state index is 0.180. The summed E-state index contributed by atoms with van der Waals surface area (Å²) in [6.45, 7) is 2.18. The summed E-state index contributed by atoms with van der Waals surface area (Å²) in [6.07, 6.45) is 6.73. The van der Waals surface area contributed by atoms with E-state index < -0.39 is 27.0 Å². The molecule has 4 aliphatic rings. The van der Waals surface area contributed by atoms with Gasteiger partial charge in [-0.05, 0) is 48.4 Å². The van der Waals surface area contributed by atoms with Gasteiger partial charge in [-0.3, -0.25) is 14.4 Å². The molecule has 40 heavy (non-hydrogen) atoms. The van der Waals surface area contributed by atoms with E-state index in [0.29, 0.717) is 42.5 Å². The zero-order valence-corrected chi connectivity index (χ0v) is 23.7. The smallest absolute Gasteiger partial charge is 0.305 e. The van der Waals surface area contributed by atoms with E-state index in [1.807, 2.05) is 0 Å². The number of aromatic nitrogens is 2. The van der Waals surface area contributed by atoms with Crippen LogP contribution < -0.4 is 15.5 Å². The molecule has 1 aromatic carbocycles. The van der Waals surface area contributed by atoms with Gasteiger partial charge in [-0.2, -0.15) is 5.10 Å². The van der Waals surface area contributed by atoms with Gasteiger partial charge in [0, 0.05) is 43.9 Å². The molecule has 1 saturated heterocycles. The van der Waals surface area contributed by atoms with E-state index in [1.165, 1.54) is 25.5 Å². The van der Waals surface area contributed by atoms with Crippen LogP contribution in [0.5, 0.6) is 0 Å². The Morgan fingerprint density at radius 3 is 2.70 bits per heavy atom. The molecule has 2 aromatic rings. The summed E-state index contributed by atoms with van der Waals surface area (Å²) >= 11 is 0. The maximum Gasteiger partial charge on any atom is 0.305 e. The van der Waals surface area contributed by atoms with Crippen LogP contribution in [-0.2, 0) is 49.1 Å². The van der Waals surface area contributed by atoms with E-state index in [4.69, 9.17) is 9.84 Å². The highest BCUT2D eigenvalue weighted by Gasteiger charge is 2.47. The van der Waals surface area contributed by atoms with Gasteiger partial charge in [0.1, 0.15) is 17.1 Å². The zero-order chi connectivity index (χ0) is 28.2. The summed E-state index contributed by atoms with van der Waals surface area (Å²) in [5.41, 5.74) is 3.75. The normalized spacial score (nSPS) is 21.9. The SMILES string of the molecule is COC(=O)CC1CN(c2ccc3c(c2)CC[C@@]32Cc3nn(CCC4CC4)c(NC(=O)CS(C)(=O)=O)c3C(=O)N2)C1. The minimum Gasteiger partial charge on any atom is -0.469 e. The van der Waals surface area contributed by atoms with Crippen molar-refractivity contribution in [1.82, 2.24) is 15.1 Å². The van der Waals surface area contributed by atoms with E-state index in [9.17, 15) is 22.8 Å². The average molecular weight is 570 g/mol. The monoisotopic (exact) mass is 569 g/mol. The third-order valence-electron chi connectivity index (χ3n) is 8.60. The number of hydrogen-bond acceptors (Lipinski definition) is 8. The fourth-order valence-electron chi connectivity index (χ4n) is 6.37. The summed E-state index contributed by atoms with van der Waals surface area (Å²) in [6, 6.07) is 6.35. The molecule has 2 N–H and O–H groups in total. The lowest BCUT2D eigenvalue weighted by Crippen LogP contribution is -2.50. The fraction of sp³-hybridized carbons (Fsp3) is 0.571. The number of amides is 2. The number of carbonyl (C=O) groups is 3. The maximum absolute atomic E-state index is 13.6. The number of rotatable bonds is 9. The van der Waals surface area contributed by atoms with Crippen LogP contribution in [0.15, 0.2) is 18.2 Å². The largest absolute Gasteiger partial charge is 0.469 e. The van der Waals surface area contributed by atoms with Gasteiger partial charge in [0.15, 0.2) is 9.84 Å². The molecule has 1 atom stereocenters. The number of nitrogens with zero attached hydrogens (tertiary/aromatic N) is 3. The highest BCUT2D eigenvalue weighted by Crippen LogP contribution is 2.45.